The van der Waals surface area contributed by atoms with Crippen LogP contribution in [-0.2, 0) is 18.3 Å². The smallest absolute Gasteiger partial charge is 0.273 e. The molecule has 7 heteroatoms. The Morgan fingerprint density at radius 3 is 2.88 bits per heavy atom. The van der Waals surface area contributed by atoms with Gasteiger partial charge in [-0.1, -0.05) is 0 Å². The zero-order valence-electron chi connectivity index (χ0n) is 14.6. The van der Waals surface area contributed by atoms with Gasteiger partial charge in [0.05, 0.1) is 5.39 Å². The molecule has 1 saturated heterocycles. The molecule has 0 saturated carbocycles. The van der Waals surface area contributed by atoms with E-state index in [2.05, 4.69) is 10.1 Å². The number of amides is 1. The van der Waals surface area contributed by atoms with Crippen LogP contribution in [-0.4, -0.2) is 44.7 Å². The molecule has 1 aliphatic heterocycles. The van der Waals surface area contributed by atoms with Crippen LogP contribution in [0.3, 0.4) is 0 Å². The molecule has 0 radical (unpaired) electrons. The van der Waals surface area contributed by atoms with Gasteiger partial charge in [0, 0.05) is 38.3 Å². The van der Waals surface area contributed by atoms with E-state index in [0.29, 0.717) is 30.4 Å². The fourth-order valence-electron chi connectivity index (χ4n) is 3.80. The Morgan fingerprint density at radius 2 is 2.17 bits per heavy atom. The standard InChI is InChI=1S/C17H25N5O2/c1-10-13(6-7-14(23)22-8-4-5-12(22)9-18)11(2)19-16-15(10)17(24)20-21(16)3/h12H,4-9,18H2,1-3H3,(H,20,24)/t12-/m1/s1. The van der Waals surface area contributed by atoms with E-state index in [1.165, 1.54) is 0 Å². The lowest BCUT2D eigenvalue weighted by Crippen LogP contribution is -2.40. The lowest BCUT2D eigenvalue weighted by molar-refractivity contribution is -0.131. The molecule has 3 heterocycles. The summed E-state index contributed by atoms with van der Waals surface area (Å²) in [6, 6.07) is 0.178. The Labute approximate surface area is 140 Å². The highest BCUT2D eigenvalue weighted by Gasteiger charge is 2.27. The number of H-pyrrole nitrogens is 1. The van der Waals surface area contributed by atoms with E-state index in [0.717, 1.165) is 36.2 Å². The van der Waals surface area contributed by atoms with Crippen LogP contribution < -0.4 is 11.3 Å². The lowest BCUT2D eigenvalue weighted by Gasteiger charge is -2.23. The molecular weight excluding hydrogens is 306 g/mol. The fourth-order valence-corrected chi connectivity index (χ4v) is 3.80. The molecule has 1 fully saturated rings. The van der Waals surface area contributed by atoms with Crippen LogP contribution >= 0.6 is 0 Å². The number of nitrogens with one attached hydrogen (secondary N) is 1. The van der Waals surface area contributed by atoms with Crippen molar-refractivity contribution in [2.45, 2.75) is 45.6 Å². The van der Waals surface area contributed by atoms with Crippen molar-refractivity contribution in [2.24, 2.45) is 12.8 Å². The minimum atomic E-state index is -0.132. The first-order valence-electron chi connectivity index (χ1n) is 8.48. The van der Waals surface area contributed by atoms with Crippen molar-refractivity contribution in [1.82, 2.24) is 19.7 Å². The fraction of sp³-hybridized carbons (Fsp3) is 0.588. The molecule has 24 heavy (non-hydrogen) atoms. The van der Waals surface area contributed by atoms with Crippen LogP contribution in [0.1, 0.15) is 36.1 Å². The molecule has 1 amide bonds. The van der Waals surface area contributed by atoms with Gasteiger partial charge in [0.1, 0.15) is 0 Å². The van der Waals surface area contributed by atoms with Crippen LogP contribution in [0.25, 0.3) is 11.0 Å². The molecular formula is C17H25N5O2. The second-order valence-corrected chi connectivity index (χ2v) is 6.62. The highest BCUT2D eigenvalue weighted by molar-refractivity contribution is 5.81. The summed E-state index contributed by atoms with van der Waals surface area (Å²) in [6.07, 6.45) is 3.05. The Balaban J connectivity index is 1.84. The summed E-state index contributed by atoms with van der Waals surface area (Å²) in [5, 5.41) is 3.36. The van der Waals surface area contributed by atoms with E-state index in [-0.39, 0.29) is 17.5 Å². The molecule has 3 rings (SSSR count). The number of nitrogens with two attached hydrogens (primary N) is 1. The second-order valence-electron chi connectivity index (χ2n) is 6.62. The van der Waals surface area contributed by atoms with Crippen LogP contribution in [0.4, 0.5) is 0 Å². The van der Waals surface area contributed by atoms with Gasteiger partial charge in [-0.15, -0.1) is 0 Å². The van der Waals surface area contributed by atoms with Gasteiger partial charge < -0.3 is 10.6 Å². The number of fused-ring (bicyclic) bond motifs is 1. The third kappa shape index (κ3) is 2.73. The molecule has 1 atom stereocenters. The largest absolute Gasteiger partial charge is 0.338 e. The molecule has 2 aromatic heterocycles. The Hall–Kier alpha value is -2.15. The first-order valence-corrected chi connectivity index (χ1v) is 8.48. The SMILES string of the molecule is Cc1nc2c(c(C)c1CCC(=O)N1CCC[C@@H]1CN)c(=O)[nH]n2C. The lowest BCUT2D eigenvalue weighted by atomic mass is 10.00. The number of carbonyl (C=O) groups is 1. The van der Waals surface area contributed by atoms with Gasteiger partial charge in [-0.2, -0.15) is 0 Å². The highest BCUT2D eigenvalue weighted by Crippen LogP contribution is 2.23. The quantitative estimate of drug-likeness (QED) is 0.864. The number of rotatable bonds is 4. The maximum Gasteiger partial charge on any atom is 0.273 e. The number of hydrogen-bond donors (Lipinski definition) is 2. The normalized spacial score (nSPS) is 17.8. The maximum absolute atomic E-state index is 12.5. The van der Waals surface area contributed by atoms with Crippen molar-refractivity contribution in [3.63, 3.8) is 0 Å². The molecule has 7 nitrogen and oxygen atoms in total. The average molecular weight is 331 g/mol. The summed E-state index contributed by atoms with van der Waals surface area (Å²) >= 11 is 0. The first kappa shape index (κ1) is 16.7. The van der Waals surface area contributed by atoms with E-state index in [9.17, 15) is 9.59 Å². The van der Waals surface area contributed by atoms with Crippen LogP contribution in [0.15, 0.2) is 4.79 Å². The van der Waals surface area contributed by atoms with Gasteiger partial charge >= 0.3 is 0 Å². The number of aryl methyl sites for hydroxylation is 3. The monoisotopic (exact) mass is 331 g/mol. The molecule has 0 spiro atoms. The molecule has 0 aromatic carbocycles. The molecule has 0 bridgehead atoms. The van der Waals surface area contributed by atoms with Crippen molar-refractivity contribution in [3.05, 3.63) is 27.2 Å². The molecule has 0 unspecified atom stereocenters. The van der Waals surface area contributed by atoms with Crippen molar-refractivity contribution in [2.75, 3.05) is 13.1 Å². The predicted molar refractivity (Wildman–Crippen MR) is 92.9 cm³/mol. The van der Waals surface area contributed by atoms with E-state index >= 15 is 0 Å². The molecule has 2 aromatic rings. The number of nitrogens with zero attached hydrogens (tertiary/aromatic N) is 3. The van der Waals surface area contributed by atoms with Crippen molar-refractivity contribution in [1.29, 1.82) is 0 Å². The van der Waals surface area contributed by atoms with Crippen molar-refractivity contribution in [3.8, 4) is 0 Å². The minimum Gasteiger partial charge on any atom is -0.338 e. The Kier molecular flexibility index (Phi) is 4.45. The first-order chi connectivity index (χ1) is 11.4. The minimum absolute atomic E-state index is 0.132. The number of likely N-dealkylation sites (tertiary alicyclic amines) is 1. The Morgan fingerprint density at radius 1 is 1.42 bits per heavy atom. The molecule has 130 valence electrons. The molecule has 0 aliphatic carbocycles. The van der Waals surface area contributed by atoms with Gasteiger partial charge in [0.2, 0.25) is 5.91 Å². The zero-order chi connectivity index (χ0) is 17.4. The molecule has 3 N–H and O–H groups in total. The Bertz CT molecular complexity index is 836. The number of aromatic nitrogens is 3. The van der Waals surface area contributed by atoms with E-state index < -0.39 is 0 Å². The number of pyridine rings is 1. The van der Waals surface area contributed by atoms with Gasteiger partial charge in [0.25, 0.3) is 5.56 Å². The summed E-state index contributed by atoms with van der Waals surface area (Å²) in [5.41, 5.74) is 9.07. The maximum atomic E-state index is 12.5. The topological polar surface area (TPSA) is 97.0 Å². The van der Waals surface area contributed by atoms with Gasteiger partial charge in [-0.25, -0.2) is 4.98 Å². The summed E-state index contributed by atoms with van der Waals surface area (Å²) in [6.45, 7) is 5.19. The predicted octanol–water partition coefficient (Wildman–Crippen LogP) is 0.761. The van der Waals surface area contributed by atoms with Gasteiger partial charge in [0.15, 0.2) is 5.65 Å². The van der Waals surface area contributed by atoms with Crippen LogP contribution in [0.2, 0.25) is 0 Å². The van der Waals surface area contributed by atoms with Gasteiger partial charge in [-0.3, -0.25) is 19.4 Å². The summed E-state index contributed by atoms with van der Waals surface area (Å²) in [5.74, 6) is 0.142. The zero-order valence-corrected chi connectivity index (χ0v) is 14.6. The number of hydrogen-bond acceptors (Lipinski definition) is 4. The third-order valence-electron chi connectivity index (χ3n) is 5.13. The van der Waals surface area contributed by atoms with Crippen molar-refractivity contribution < 1.29 is 4.79 Å². The summed E-state index contributed by atoms with van der Waals surface area (Å²) in [4.78, 5) is 31.1. The number of carbonyl (C=O) groups excluding carboxylic acids is 1. The van der Waals surface area contributed by atoms with E-state index in [4.69, 9.17) is 5.73 Å². The van der Waals surface area contributed by atoms with Crippen LogP contribution in [0.5, 0.6) is 0 Å². The van der Waals surface area contributed by atoms with Crippen LogP contribution in [0, 0.1) is 13.8 Å². The van der Waals surface area contributed by atoms with E-state index in [1.807, 2.05) is 18.7 Å². The number of aromatic amines is 1. The highest BCUT2D eigenvalue weighted by atomic mass is 16.2. The average Bonchev–Trinajstić information content (AvgIpc) is 3.11. The summed E-state index contributed by atoms with van der Waals surface area (Å²) < 4.78 is 1.64. The second kappa shape index (κ2) is 6.39. The summed E-state index contributed by atoms with van der Waals surface area (Å²) in [7, 11) is 1.78. The van der Waals surface area contributed by atoms with Crippen molar-refractivity contribution >= 4 is 16.9 Å². The molecule has 1 aliphatic rings. The van der Waals surface area contributed by atoms with Gasteiger partial charge in [-0.05, 0) is 44.2 Å². The third-order valence-corrected chi connectivity index (χ3v) is 5.13. The van der Waals surface area contributed by atoms with E-state index in [1.54, 1.807) is 11.7 Å².